The Morgan fingerprint density at radius 2 is 1.89 bits per heavy atom. The monoisotopic (exact) mass is 497 g/mol. The summed E-state index contributed by atoms with van der Waals surface area (Å²) < 4.78 is 16.3. The van der Waals surface area contributed by atoms with Gasteiger partial charge in [0.05, 0.1) is 7.11 Å². The number of aromatic nitrogens is 2. The fourth-order valence-corrected chi connectivity index (χ4v) is 5.71. The zero-order valence-corrected chi connectivity index (χ0v) is 21.6. The molecular formula is C27H39N5O4. The van der Waals surface area contributed by atoms with Gasteiger partial charge < -0.3 is 29.1 Å². The quantitative estimate of drug-likeness (QED) is 0.594. The molecule has 3 aliphatic heterocycles. The Hall–Kier alpha value is -2.65. The Kier molecular flexibility index (Phi) is 7.76. The van der Waals surface area contributed by atoms with Crippen molar-refractivity contribution < 1.29 is 18.8 Å². The summed E-state index contributed by atoms with van der Waals surface area (Å²) in [7, 11) is 1.64. The van der Waals surface area contributed by atoms with Crippen molar-refractivity contribution >= 4 is 11.9 Å². The third kappa shape index (κ3) is 6.00. The first-order valence-electron chi connectivity index (χ1n) is 13.3. The van der Waals surface area contributed by atoms with Crippen LogP contribution in [0.25, 0.3) is 11.4 Å². The predicted molar refractivity (Wildman–Crippen MR) is 137 cm³/mol. The first-order valence-corrected chi connectivity index (χ1v) is 13.3. The number of hydrogen-bond donors (Lipinski definition) is 1. The van der Waals surface area contributed by atoms with Crippen molar-refractivity contribution in [3.05, 3.63) is 24.3 Å². The first kappa shape index (κ1) is 25.0. The second-order valence-electron chi connectivity index (χ2n) is 10.9. The molecule has 4 heterocycles. The normalized spacial score (nSPS) is 23.1. The van der Waals surface area contributed by atoms with Crippen molar-refractivity contribution in [2.24, 2.45) is 17.3 Å². The number of anilines is 1. The summed E-state index contributed by atoms with van der Waals surface area (Å²) in [5.41, 5.74) is 1.26. The summed E-state index contributed by atoms with van der Waals surface area (Å²) in [6.45, 7) is 9.80. The maximum absolute atomic E-state index is 12.9. The van der Waals surface area contributed by atoms with E-state index in [9.17, 15) is 4.79 Å². The Bertz CT molecular complexity index is 996. The SMILES string of the molecule is COc1ccc(-c2noc(N3CCC(C(=O)NCC4CCN(CC5(C)CCOCC5)C4)CC3)n2)cc1. The number of hydrogen-bond acceptors (Lipinski definition) is 8. The molecular weight excluding hydrogens is 458 g/mol. The van der Waals surface area contributed by atoms with E-state index in [0.717, 1.165) is 89.5 Å². The molecule has 0 spiro atoms. The molecule has 1 atom stereocenters. The number of carbonyl (C=O) groups is 1. The lowest BCUT2D eigenvalue weighted by molar-refractivity contribution is -0.125. The molecule has 1 aromatic heterocycles. The molecule has 0 saturated carbocycles. The molecule has 1 unspecified atom stereocenters. The smallest absolute Gasteiger partial charge is 0.324 e. The minimum Gasteiger partial charge on any atom is -0.497 e. The summed E-state index contributed by atoms with van der Waals surface area (Å²) in [6, 6.07) is 8.11. The lowest BCUT2D eigenvalue weighted by atomic mass is 9.82. The Morgan fingerprint density at radius 1 is 1.14 bits per heavy atom. The summed E-state index contributed by atoms with van der Waals surface area (Å²) in [6.07, 6.45) is 5.05. The number of rotatable bonds is 8. The zero-order chi connectivity index (χ0) is 25.0. The van der Waals surface area contributed by atoms with E-state index in [-0.39, 0.29) is 11.8 Å². The van der Waals surface area contributed by atoms with E-state index < -0.39 is 0 Å². The highest BCUT2D eigenvalue weighted by Gasteiger charge is 2.33. The lowest BCUT2D eigenvalue weighted by Crippen LogP contribution is -2.42. The highest BCUT2D eigenvalue weighted by molar-refractivity contribution is 5.79. The van der Waals surface area contributed by atoms with Gasteiger partial charge >= 0.3 is 6.01 Å². The van der Waals surface area contributed by atoms with Gasteiger partial charge in [0.25, 0.3) is 0 Å². The van der Waals surface area contributed by atoms with Gasteiger partial charge in [-0.15, -0.1) is 0 Å². The molecule has 1 aromatic carbocycles. The molecule has 0 aliphatic carbocycles. The maximum atomic E-state index is 12.9. The fraction of sp³-hybridized carbons (Fsp3) is 0.667. The summed E-state index contributed by atoms with van der Waals surface area (Å²) in [5.74, 6) is 2.13. The molecule has 9 heteroatoms. The van der Waals surface area contributed by atoms with Crippen molar-refractivity contribution in [2.45, 2.75) is 39.0 Å². The van der Waals surface area contributed by atoms with E-state index >= 15 is 0 Å². The van der Waals surface area contributed by atoms with E-state index in [2.05, 4.69) is 32.2 Å². The van der Waals surface area contributed by atoms with Crippen molar-refractivity contribution in [3.8, 4) is 17.1 Å². The van der Waals surface area contributed by atoms with Gasteiger partial charge in [0, 0.05) is 57.4 Å². The van der Waals surface area contributed by atoms with E-state index in [1.54, 1.807) is 7.11 Å². The van der Waals surface area contributed by atoms with Crippen LogP contribution in [0.5, 0.6) is 5.75 Å². The maximum Gasteiger partial charge on any atom is 0.324 e. The summed E-state index contributed by atoms with van der Waals surface area (Å²) in [4.78, 5) is 22.1. The summed E-state index contributed by atoms with van der Waals surface area (Å²) >= 11 is 0. The van der Waals surface area contributed by atoms with Gasteiger partial charge in [0.1, 0.15) is 5.75 Å². The molecule has 0 radical (unpaired) electrons. The molecule has 2 aromatic rings. The summed E-state index contributed by atoms with van der Waals surface area (Å²) in [5, 5.41) is 7.39. The number of piperidine rings is 1. The van der Waals surface area contributed by atoms with Gasteiger partial charge in [-0.05, 0) is 74.2 Å². The number of methoxy groups -OCH3 is 1. The van der Waals surface area contributed by atoms with Gasteiger partial charge in [0.2, 0.25) is 11.7 Å². The van der Waals surface area contributed by atoms with E-state index in [1.807, 2.05) is 24.3 Å². The van der Waals surface area contributed by atoms with E-state index in [4.69, 9.17) is 14.0 Å². The molecule has 0 bridgehead atoms. The molecule has 1 N–H and O–H groups in total. The Morgan fingerprint density at radius 3 is 2.61 bits per heavy atom. The number of amides is 1. The Labute approximate surface area is 213 Å². The highest BCUT2D eigenvalue weighted by Crippen LogP contribution is 2.32. The molecule has 1 amide bonds. The van der Waals surface area contributed by atoms with Crippen molar-refractivity contribution in [1.82, 2.24) is 20.4 Å². The third-order valence-electron chi connectivity index (χ3n) is 8.14. The standard InChI is InChI=1S/C27H39N5O4/c1-27(10-15-35-16-11-27)19-31-12-7-20(18-31)17-28-25(33)22-8-13-32(14-9-22)26-29-24(30-36-26)21-3-5-23(34-2)6-4-21/h3-6,20,22H,7-19H2,1-2H3,(H,28,33). The van der Waals surface area contributed by atoms with Crippen molar-refractivity contribution in [2.75, 3.05) is 64.5 Å². The molecule has 5 rings (SSSR count). The predicted octanol–water partition coefficient (Wildman–Crippen LogP) is 3.22. The number of benzene rings is 1. The van der Waals surface area contributed by atoms with E-state index in [0.29, 0.717) is 23.2 Å². The number of ether oxygens (including phenoxy) is 2. The van der Waals surface area contributed by atoms with Gasteiger partial charge in [-0.2, -0.15) is 4.98 Å². The molecule has 3 saturated heterocycles. The van der Waals surface area contributed by atoms with Crippen LogP contribution >= 0.6 is 0 Å². The average molecular weight is 498 g/mol. The zero-order valence-electron chi connectivity index (χ0n) is 21.6. The van der Waals surface area contributed by atoms with Gasteiger partial charge in [-0.3, -0.25) is 4.79 Å². The van der Waals surface area contributed by atoms with Crippen molar-refractivity contribution in [1.29, 1.82) is 0 Å². The molecule has 3 aliphatic rings. The van der Waals surface area contributed by atoms with Gasteiger partial charge in [-0.25, -0.2) is 0 Å². The number of nitrogens with one attached hydrogen (secondary N) is 1. The number of carbonyl (C=O) groups excluding carboxylic acids is 1. The second kappa shape index (κ2) is 11.2. The number of nitrogens with zero attached hydrogens (tertiary/aromatic N) is 4. The topological polar surface area (TPSA) is 93.0 Å². The number of likely N-dealkylation sites (tertiary alicyclic amines) is 1. The van der Waals surface area contributed by atoms with Crippen molar-refractivity contribution in [3.63, 3.8) is 0 Å². The second-order valence-corrected chi connectivity index (χ2v) is 10.9. The van der Waals surface area contributed by atoms with Crippen LogP contribution in [-0.2, 0) is 9.53 Å². The molecule has 196 valence electrons. The average Bonchev–Trinajstić information content (AvgIpc) is 3.58. The fourth-order valence-electron chi connectivity index (χ4n) is 5.71. The van der Waals surface area contributed by atoms with Crippen LogP contribution in [0.2, 0.25) is 0 Å². The van der Waals surface area contributed by atoms with Crippen LogP contribution in [0.1, 0.15) is 39.0 Å². The van der Waals surface area contributed by atoms with Gasteiger partial charge in [-0.1, -0.05) is 12.1 Å². The van der Waals surface area contributed by atoms with E-state index in [1.165, 1.54) is 6.42 Å². The highest BCUT2D eigenvalue weighted by atomic mass is 16.5. The molecule has 36 heavy (non-hydrogen) atoms. The van der Waals surface area contributed by atoms with Crippen LogP contribution in [0.3, 0.4) is 0 Å². The van der Waals surface area contributed by atoms with Crippen LogP contribution < -0.4 is 15.0 Å². The minimum atomic E-state index is 0.0453. The molecule has 9 nitrogen and oxygen atoms in total. The lowest BCUT2D eigenvalue weighted by Gasteiger charge is -2.37. The van der Waals surface area contributed by atoms with Crippen LogP contribution in [0.15, 0.2) is 28.8 Å². The molecule has 3 fully saturated rings. The third-order valence-corrected chi connectivity index (χ3v) is 8.14. The first-order chi connectivity index (χ1) is 17.5. The minimum absolute atomic E-state index is 0.0453. The van der Waals surface area contributed by atoms with Crippen LogP contribution in [0.4, 0.5) is 6.01 Å². The van der Waals surface area contributed by atoms with Crippen LogP contribution in [0, 0.1) is 17.3 Å². The largest absolute Gasteiger partial charge is 0.497 e. The van der Waals surface area contributed by atoms with Crippen LogP contribution in [-0.4, -0.2) is 80.5 Å². The van der Waals surface area contributed by atoms with Gasteiger partial charge in [0.15, 0.2) is 0 Å². The Balaban J connectivity index is 1.04.